The highest BCUT2D eigenvalue weighted by Gasteiger charge is 2.13. The number of rotatable bonds is 3. The molecular weight excluding hydrogens is 264 g/mol. The standard InChI is InChI=1S/C17H20N2O2/c1-10-5-6-16(21-4)15(7-10)19-17(20)13-9-14(18)12(3)8-11(13)2/h5-9H,18H2,1-4H3,(H,19,20). The van der Waals surface area contributed by atoms with Gasteiger partial charge in [0.1, 0.15) is 5.75 Å². The molecule has 0 saturated heterocycles. The van der Waals surface area contributed by atoms with Gasteiger partial charge in [-0.15, -0.1) is 0 Å². The number of hydrogen-bond acceptors (Lipinski definition) is 3. The quantitative estimate of drug-likeness (QED) is 0.848. The van der Waals surface area contributed by atoms with Crippen LogP contribution in [0.25, 0.3) is 0 Å². The van der Waals surface area contributed by atoms with Gasteiger partial charge in [-0.25, -0.2) is 0 Å². The van der Waals surface area contributed by atoms with Gasteiger partial charge in [-0.05, 0) is 55.7 Å². The van der Waals surface area contributed by atoms with Gasteiger partial charge in [0.2, 0.25) is 0 Å². The molecule has 4 nitrogen and oxygen atoms in total. The first-order chi connectivity index (χ1) is 9.92. The minimum absolute atomic E-state index is 0.192. The molecule has 4 heteroatoms. The second-order valence-corrected chi connectivity index (χ2v) is 5.18. The minimum Gasteiger partial charge on any atom is -0.495 e. The maximum absolute atomic E-state index is 12.5. The summed E-state index contributed by atoms with van der Waals surface area (Å²) >= 11 is 0. The predicted molar refractivity (Wildman–Crippen MR) is 86.0 cm³/mol. The molecule has 0 saturated carbocycles. The zero-order valence-electron chi connectivity index (χ0n) is 12.8. The van der Waals surface area contributed by atoms with E-state index in [1.165, 1.54) is 0 Å². The molecule has 0 aliphatic rings. The Bertz CT molecular complexity index is 693. The van der Waals surface area contributed by atoms with Gasteiger partial charge in [0, 0.05) is 11.3 Å². The summed E-state index contributed by atoms with van der Waals surface area (Å²) in [7, 11) is 1.58. The Kier molecular flexibility index (Phi) is 4.17. The van der Waals surface area contributed by atoms with Crippen LogP contribution in [0, 0.1) is 20.8 Å². The van der Waals surface area contributed by atoms with Crippen LogP contribution in [0.1, 0.15) is 27.0 Å². The van der Waals surface area contributed by atoms with E-state index in [1.54, 1.807) is 13.2 Å². The monoisotopic (exact) mass is 284 g/mol. The lowest BCUT2D eigenvalue weighted by molar-refractivity contribution is 0.102. The average molecular weight is 284 g/mol. The summed E-state index contributed by atoms with van der Waals surface area (Å²) in [6.45, 7) is 5.78. The Labute approximate surface area is 124 Å². The number of carbonyl (C=O) groups is 1. The van der Waals surface area contributed by atoms with Gasteiger partial charge in [-0.2, -0.15) is 0 Å². The van der Waals surface area contributed by atoms with E-state index in [4.69, 9.17) is 10.5 Å². The molecule has 3 N–H and O–H groups in total. The second kappa shape index (κ2) is 5.87. The zero-order valence-corrected chi connectivity index (χ0v) is 12.8. The van der Waals surface area contributed by atoms with E-state index in [-0.39, 0.29) is 5.91 Å². The van der Waals surface area contributed by atoms with E-state index in [2.05, 4.69) is 5.32 Å². The van der Waals surface area contributed by atoms with Crippen molar-refractivity contribution in [3.63, 3.8) is 0 Å². The number of hydrogen-bond donors (Lipinski definition) is 2. The van der Waals surface area contributed by atoms with Crippen LogP contribution in [-0.4, -0.2) is 13.0 Å². The number of anilines is 2. The molecule has 0 bridgehead atoms. The minimum atomic E-state index is -0.192. The summed E-state index contributed by atoms with van der Waals surface area (Å²) < 4.78 is 5.27. The number of amides is 1. The third-order valence-electron chi connectivity index (χ3n) is 3.46. The molecular formula is C17H20N2O2. The lowest BCUT2D eigenvalue weighted by Gasteiger charge is -2.13. The molecule has 0 radical (unpaired) electrons. The van der Waals surface area contributed by atoms with Crippen LogP contribution in [0.15, 0.2) is 30.3 Å². The number of ether oxygens (including phenoxy) is 1. The highest BCUT2D eigenvalue weighted by molar-refractivity contribution is 6.06. The van der Waals surface area contributed by atoms with E-state index in [9.17, 15) is 4.79 Å². The van der Waals surface area contributed by atoms with Crippen molar-refractivity contribution >= 4 is 17.3 Å². The van der Waals surface area contributed by atoms with Gasteiger partial charge in [-0.1, -0.05) is 12.1 Å². The summed E-state index contributed by atoms with van der Waals surface area (Å²) in [5.41, 5.74) is 10.6. The molecule has 0 aliphatic carbocycles. The molecule has 2 aromatic carbocycles. The SMILES string of the molecule is COc1ccc(C)cc1NC(=O)c1cc(N)c(C)cc1C. The maximum atomic E-state index is 12.5. The summed E-state index contributed by atoms with van der Waals surface area (Å²) in [6, 6.07) is 9.27. The van der Waals surface area contributed by atoms with Gasteiger partial charge in [0.05, 0.1) is 12.8 Å². The summed E-state index contributed by atoms with van der Waals surface area (Å²) in [5, 5.41) is 2.89. The first kappa shape index (κ1) is 14.9. The topological polar surface area (TPSA) is 64.3 Å². The van der Waals surface area contributed by atoms with E-state index < -0.39 is 0 Å². The van der Waals surface area contributed by atoms with Crippen molar-refractivity contribution in [2.45, 2.75) is 20.8 Å². The molecule has 2 aromatic rings. The van der Waals surface area contributed by atoms with Crippen LogP contribution in [0.2, 0.25) is 0 Å². The van der Waals surface area contributed by atoms with Crippen LogP contribution in [0.3, 0.4) is 0 Å². The molecule has 0 unspecified atom stereocenters. The van der Waals surface area contributed by atoms with Crippen LogP contribution in [0.5, 0.6) is 5.75 Å². The molecule has 0 aliphatic heterocycles. The number of nitrogens with two attached hydrogens (primary N) is 1. The highest BCUT2D eigenvalue weighted by Crippen LogP contribution is 2.26. The van der Waals surface area contributed by atoms with E-state index in [1.807, 2.05) is 45.0 Å². The molecule has 0 aromatic heterocycles. The van der Waals surface area contributed by atoms with Gasteiger partial charge in [0.25, 0.3) is 5.91 Å². The molecule has 2 rings (SSSR count). The number of carbonyl (C=O) groups excluding carboxylic acids is 1. The normalized spacial score (nSPS) is 10.3. The molecule has 21 heavy (non-hydrogen) atoms. The zero-order chi connectivity index (χ0) is 15.6. The van der Waals surface area contributed by atoms with Gasteiger partial charge in [0.15, 0.2) is 0 Å². The van der Waals surface area contributed by atoms with Crippen LogP contribution >= 0.6 is 0 Å². The van der Waals surface area contributed by atoms with Crippen LogP contribution in [0.4, 0.5) is 11.4 Å². The average Bonchev–Trinajstić information content (AvgIpc) is 2.43. The smallest absolute Gasteiger partial charge is 0.256 e. The van der Waals surface area contributed by atoms with Crippen molar-refractivity contribution < 1.29 is 9.53 Å². The number of benzene rings is 2. The van der Waals surface area contributed by atoms with Crippen molar-refractivity contribution in [3.8, 4) is 5.75 Å². The largest absolute Gasteiger partial charge is 0.495 e. The first-order valence-corrected chi connectivity index (χ1v) is 6.75. The number of methoxy groups -OCH3 is 1. The molecule has 110 valence electrons. The van der Waals surface area contributed by atoms with E-state index in [0.29, 0.717) is 22.7 Å². The number of nitrogen functional groups attached to an aromatic ring is 1. The third kappa shape index (κ3) is 3.16. The fourth-order valence-electron chi connectivity index (χ4n) is 2.22. The number of nitrogens with one attached hydrogen (secondary N) is 1. The van der Waals surface area contributed by atoms with E-state index in [0.717, 1.165) is 16.7 Å². The molecule has 0 heterocycles. The molecule has 0 fully saturated rings. The van der Waals surface area contributed by atoms with Crippen LogP contribution < -0.4 is 15.8 Å². The van der Waals surface area contributed by atoms with E-state index >= 15 is 0 Å². The summed E-state index contributed by atoms with van der Waals surface area (Å²) in [5.74, 6) is 0.440. The fourth-order valence-corrected chi connectivity index (χ4v) is 2.22. The summed E-state index contributed by atoms with van der Waals surface area (Å²) in [6.07, 6.45) is 0. The highest BCUT2D eigenvalue weighted by atomic mass is 16.5. The van der Waals surface area contributed by atoms with Gasteiger partial charge >= 0.3 is 0 Å². The Morgan fingerprint density at radius 3 is 2.48 bits per heavy atom. The van der Waals surface area contributed by atoms with Crippen molar-refractivity contribution in [1.29, 1.82) is 0 Å². The van der Waals surface area contributed by atoms with Gasteiger partial charge < -0.3 is 15.8 Å². The molecule has 0 atom stereocenters. The van der Waals surface area contributed by atoms with Crippen LogP contribution in [-0.2, 0) is 0 Å². The lowest BCUT2D eigenvalue weighted by atomic mass is 10.0. The first-order valence-electron chi connectivity index (χ1n) is 6.75. The predicted octanol–water partition coefficient (Wildman–Crippen LogP) is 3.45. The van der Waals surface area contributed by atoms with Crippen molar-refractivity contribution in [2.75, 3.05) is 18.2 Å². The third-order valence-corrected chi connectivity index (χ3v) is 3.46. The second-order valence-electron chi connectivity index (χ2n) is 5.18. The summed E-state index contributed by atoms with van der Waals surface area (Å²) in [4.78, 5) is 12.5. The van der Waals surface area contributed by atoms with Crippen molar-refractivity contribution in [3.05, 3.63) is 52.6 Å². The van der Waals surface area contributed by atoms with Gasteiger partial charge in [-0.3, -0.25) is 4.79 Å². The Hall–Kier alpha value is -2.49. The Morgan fingerprint density at radius 2 is 1.81 bits per heavy atom. The Balaban J connectivity index is 2.34. The molecule has 0 spiro atoms. The fraction of sp³-hybridized carbons (Fsp3) is 0.235. The number of aryl methyl sites for hydroxylation is 3. The Morgan fingerprint density at radius 1 is 1.10 bits per heavy atom. The van der Waals surface area contributed by atoms with Crippen molar-refractivity contribution in [1.82, 2.24) is 0 Å². The molecule has 1 amide bonds. The maximum Gasteiger partial charge on any atom is 0.256 e. The lowest BCUT2D eigenvalue weighted by Crippen LogP contribution is -2.15. The van der Waals surface area contributed by atoms with Crippen molar-refractivity contribution in [2.24, 2.45) is 0 Å².